The summed E-state index contributed by atoms with van der Waals surface area (Å²) >= 11 is 6.11. The SMILES string of the molecule is COCc1nn(-c2ccc(OC)cc2)c(Cl)c1S(=O)(=O)Cl. The number of ether oxygens (including phenoxy) is 2. The summed E-state index contributed by atoms with van der Waals surface area (Å²) in [5.74, 6) is 0.657. The molecule has 0 N–H and O–H groups in total. The molecule has 21 heavy (non-hydrogen) atoms. The highest BCUT2D eigenvalue weighted by Gasteiger charge is 2.26. The maximum Gasteiger partial charge on any atom is 0.266 e. The van der Waals surface area contributed by atoms with Crippen molar-refractivity contribution in [3.63, 3.8) is 0 Å². The summed E-state index contributed by atoms with van der Waals surface area (Å²) in [6.45, 7) is -0.0237. The molecule has 0 bridgehead atoms. The molecule has 0 atom stereocenters. The van der Waals surface area contributed by atoms with Crippen molar-refractivity contribution in [2.45, 2.75) is 11.5 Å². The van der Waals surface area contributed by atoms with Crippen molar-refractivity contribution in [3.05, 3.63) is 35.1 Å². The van der Waals surface area contributed by atoms with E-state index in [1.54, 1.807) is 31.4 Å². The Kier molecular flexibility index (Phi) is 4.77. The van der Waals surface area contributed by atoms with Crippen LogP contribution in [0.3, 0.4) is 0 Å². The minimum absolute atomic E-state index is 0.0237. The molecule has 1 aromatic heterocycles. The van der Waals surface area contributed by atoms with Crippen LogP contribution in [0.4, 0.5) is 0 Å². The van der Waals surface area contributed by atoms with Crippen LogP contribution in [-0.4, -0.2) is 32.4 Å². The van der Waals surface area contributed by atoms with Crippen molar-refractivity contribution in [2.24, 2.45) is 0 Å². The van der Waals surface area contributed by atoms with Crippen LogP contribution in [-0.2, 0) is 20.4 Å². The molecule has 0 saturated heterocycles. The second-order valence-corrected chi connectivity index (χ2v) is 6.91. The minimum Gasteiger partial charge on any atom is -0.497 e. The molecule has 2 aromatic rings. The van der Waals surface area contributed by atoms with Crippen molar-refractivity contribution < 1.29 is 17.9 Å². The molecule has 0 amide bonds. The van der Waals surface area contributed by atoms with Gasteiger partial charge >= 0.3 is 0 Å². The molecule has 0 aliphatic heterocycles. The zero-order valence-electron chi connectivity index (χ0n) is 11.2. The number of methoxy groups -OCH3 is 2. The molecule has 1 heterocycles. The average Bonchev–Trinajstić information content (AvgIpc) is 2.76. The maximum absolute atomic E-state index is 11.6. The van der Waals surface area contributed by atoms with Crippen molar-refractivity contribution in [3.8, 4) is 11.4 Å². The van der Waals surface area contributed by atoms with E-state index in [1.165, 1.54) is 11.8 Å². The van der Waals surface area contributed by atoms with Gasteiger partial charge in [0, 0.05) is 17.8 Å². The zero-order chi connectivity index (χ0) is 15.6. The highest BCUT2D eigenvalue weighted by atomic mass is 35.7. The highest BCUT2D eigenvalue weighted by Crippen LogP contribution is 2.31. The van der Waals surface area contributed by atoms with Crippen LogP contribution in [0.2, 0.25) is 5.15 Å². The predicted octanol–water partition coefficient (Wildman–Crippen LogP) is 2.61. The summed E-state index contributed by atoms with van der Waals surface area (Å²) in [4.78, 5) is -0.247. The quantitative estimate of drug-likeness (QED) is 0.775. The van der Waals surface area contributed by atoms with Crippen LogP contribution in [0, 0.1) is 0 Å². The molecule has 2 rings (SSSR count). The van der Waals surface area contributed by atoms with Crippen molar-refractivity contribution in [1.29, 1.82) is 0 Å². The predicted molar refractivity (Wildman–Crippen MR) is 78.9 cm³/mol. The average molecular weight is 351 g/mol. The van der Waals surface area contributed by atoms with Crippen LogP contribution in [0.25, 0.3) is 5.69 Å². The van der Waals surface area contributed by atoms with Gasteiger partial charge in [0.2, 0.25) is 0 Å². The third-order valence-electron chi connectivity index (χ3n) is 2.70. The van der Waals surface area contributed by atoms with Gasteiger partial charge in [0.25, 0.3) is 9.05 Å². The van der Waals surface area contributed by atoms with E-state index in [4.69, 9.17) is 31.8 Å². The van der Waals surface area contributed by atoms with Gasteiger partial charge in [0.05, 0.1) is 19.4 Å². The van der Waals surface area contributed by atoms with Crippen LogP contribution in [0.15, 0.2) is 29.2 Å². The lowest BCUT2D eigenvalue weighted by atomic mass is 10.3. The van der Waals surface area contributed by atoms with Gasteiger partial charge in [-0.3, -0.25) is 0 Å². The molecule has 0 radical (unpaired) electrons. The van der Waals surface area contributed by atoms with E-state index in [2.05, 4.69) is 5.10 Å². The summed E-state index contributed by atoms with van der Waals surface area (Å²) < 4.78 is 34.6. The molecular weight excluding hydrogens is 339 g/mol. The summed E-state index contributed by atoms with van der Waals surface area (Å²) in [5, 5.41) is 4.05. The highest BCUT2D eigenvalue weighted by molar-refractivity contribution is 8.13. The monoisotopic (exact) mass is 350 g/mol. The van der Waals surface area contributed by atoms with Crippen LogP contribution < -0.4 is 4.74 Å². The first-order chi connectivity index (χ1) is 9.88. The van der Waals surface area contributed by atoms with Gasteiger partial charge in [-0.05, 0) is 24.3 Å². The number of hydrogen-bond acceptors (Lipinski definition) is 5. The molecule has 0 saturated carbocycles. The summed E-state index contributed by atoms with van der Waals surface area (Å²) in [7, 11) is 4.35. The molecule has 0 unspecified atom stereocenters. The molecule has 114 valence electrons. The Hall–Kier alpha value is -1.28. The number of nitrogens with zero attached hydrogens (tertiary/aromatic N) is 2. The van der Waals surface area contributed by atoms with E-state index in [1.807, 2.05) is 0 Å². The molecule has 6 nitrogen and oxygen atoms in total. The molecule has 1 aromatic carbocycles. The molecule has 9 heteroatoms. The van der Waals surface area contributed by atoms with Crippen molar-refractivity contribution in [1.82, 2.24) is 9.78 Å². The second-order valence-electron chi connectivity index (χ2n) is 4.05. The Morgan fingerprint density at radius 3 is 2.33 bits per heavy atom. The zero-order valence-corrected chi connectivity index (χ0v) is 13.5. The fourth-order valence-electron chi connectivity index (χ4n) is 1.79. The number of rotatable bonds is 5. The Morgan fingerprint density at radius 1 is 1.24 bits per heavy atom. The van der Waals surface area contributed by atoms with E-state index in [-0.39, 0.29) is 22.3 Å². The summed E-state index contributed by atoms with van der Waals surface area (Å²) in [6.07, 6.45) is 0. The minimum atomic E-state index is -4.03. The number of halogens is 2. The topological polar surface area (TPSA) is 70.4 Å². The van der Waals surface area contributed by atoms with Crippen LogP contribution in [0.1, 0.15) is 5.69 Å². The standard InChI is InChI=1S/C12H12Cl2N2O4S/c1-19-7-10-11(21(14,17)18)12(13)16(15-10)8-3-5-9(20-2)6-4-8/h3-6H,7H2,1-2H3. The lowest BCUT2D eigenvalue weighted by Crippen LogP contribution is -1.98. The Balaban J connectivity index is 2.59. The van der Waals surface area contributed by atoms with Gasteiger partial charge in [-0.1, -0.05) is 11.6 Å². The van der Waals surface area contributed by atoms with E-state index in [0.29, 0.717) is 11.4 Å². The van der Waals surface area contributed by atoms with Crippen LogP contribution in [0.5, 0.6) is 5.75 Å². The molecule has 0 spiro atoms. The maximum atomic E-state index is 11.6. The number of hydrogen-bond donors (Lipinski definition) is 0. The van der Waals surface area contributed by atoms with Gasteiger partial charge in [-0.2, -0.15) is 5.10 Å². The molecule has 0 fully saturated rings. The third-order valence-corrected chi connectivity index (χ3v) is 4.54. The molecule has 0 aliphatic carbocycles. The third kappa shape index (κ3) is 3.32. The molecular formula is C12H12Cl2N2O4S. The van der Waals surface area contributed by atoms with Gasteiger partial charge in [0.15, 0.2) is 5.15 Å². The van der Waals surface area contributed by atoms with Crippen molar-refractivity contribution in [2.75, 3.05) is 14.2 Å². The Bertz CT molecular complexity index is 741. The van der Waals surface area contributed by atoms with Crippen LogP contribution >= 0.6 is 22.3 Å². The van der Waals surface area contributed by atoms with Gasteiger partial charge in [-0.15, -0.1) is 0 Å². The number of aromatic nitrogens is 2. The van der Waals surface area contributed by atoms with Gasteiger partial charge in [-0.25, -0.2) is 13.1 Å². The Morgan fingerprint density at radius 2 is 1.86 bits per heavy atom. The summed E-state index contributed by atoms with van der Waals surface area (Å²) in [5.41, 5.74) is 0.720. The first kappa shape index (κ1) is 16.1. The fourth-order valence-corrected chi connectivity index (χ4v) is 3.62. The fraction of sp³-hybridized carbons (Fsp3) is 0.250. The normalized spacial score (nSPS) is 11.6. The van der Waals surface area contributed by atoms with Crippen molar-refractivity contribution >= 4 is 31.3 Å². The van der Waals surface area contributed by atoms with E-state index >= 15 is 0 Å². The molecule has 0 aliphatic rings. The second kappa shape index (κ2) is 6.23. The summed E-state index contributed by atoms with van der Waals surface area (Å²) in [6, 6.07) is 6.80. The van der Waals surface area contributed by atoms with E-state index in [0.717, 1.165) is 0 Å². The van der Waals surface area contributed by atoms with Gasteiger partial charge < -0.3 is 9.47 Å². The smallest absolute Gasteiger partial charge is 0.266 e. The number of benzene rings is 1. The van der Waals surface area contributed by atoms with E-state index in [9.17, 15) is 8.42 Å². The first-order valence-electron chi connectivity index (χ1n) is 5.74. The van der Waals surface area contributed by atoms with E-state index < -0.39 is 9.05 Å². The largest absolute Gasteiger partial charge is 0.497 e. The lowest BCUT2D eigenvalue weighted by Gasteiger charge is -2.04. The lowest BCUT2D eigenvalue weighted by molar-refractivity contribution is 0.179. The van der Waals surface area contributed by atoms with Gasteiger partial charge in [0.1, 0.15) is 16.3 Å². The first-order valence-corrected chi connectivity index (χ1v) is 8.42. The Labute approximate surface area is 131 Å².